The van der Waals surface area contributed by atoms with Crippen LogP contribution in [0.4, 0.5) is 4.79 Å². The maximum Gasteiger partial charge on any atom is 0.315 e. The molecule has 114 valence electrons. The van der Waals surface area contributed by atoms with Gasteiger partial charge in [0.25, 0.3) is 0 Å². The molecule has 1 aromatic carbocycles. The fourth-order valence-electron chi connectivity index (χ4n) is 2.87. The number of amides is 2. The molecular formula is C16H22N2O3. The van der Waals surface area contributed by atoms with Gasteiger partial charge in [0.1, 0.15) is 11.9 Å². The summed E-state index contributed by atoms with van der Waals surface area (Å²) in [6.45, 7) is 2.33. The third-order valence-corrected chi connectivity index (χ3v) is 4.41. The second-order valence-electron chi connectivity index (χ2n) is 6.24. The maximum atomic E-state index is 12.0. The number of carbonyl (C=O) groups excluding carboxylic acids is 1. The van der Waals surface area contributed by atoms with Crippen molar-refractivity contribution < 1.29 is 14.6 Å². The van der Waals surface area contributed by atoms with E-state index in [2.05, 4.69) is 10.6 Å². The smallest absolute Gasteiger partial charge is 0.315 e. The summed E-state index contributed by atoms with van der Waals surface area (Å²) in [4.78, 5) is 12.0. The van der Waals surface area contributed by atoms with Crippen LogP contribution in [0.3, 0.4) is 0 Å². The second kappa shape index (κ2) is 5.56. The summed E-state index contributed by atoms with van der Waals surface area (Å²) in [6.07, 6.45) is 2.93. The van der Waals surface area contributed by atoms with Crippen LogP contribution in [0.1, 0.15) is 25.3 Å². The number of hydrogen-bond acceptors (Lipinski definition) is 3. The molecular weight excluding hydrogens is 268 g/mol. The number of rotatable bonds is 5. The molecule has 1 saturated carbocycles. The first-order valence-electron chi connectivity index (χ1n) is 7.52. The number of ether oxygens (including phenoxy) is 1. The number of fused-ring (bicyclic) bond motifs is 1. The minimum Gasteiger partial charge on any atom is -0.488 e. The summed E-state index contributed by atoms with van der Waals surface area (Å²) >= 11 is 0. The Morgan fingerprint density at radius 1 is 1.43 bits per heavy atom. The van der Waals surface area contributed by atoms with E-state index >= 15 is 0 Å². The van der Waals surface area contributed by atoms with Crippen molar-refractivity contribution in [3.63, 3.8) is 0 Å². The van der Waals surface area contributed by atoms with Crippen LogP contribution < -0.4 is 15.4 Å². The topological polar surface area (TPSA) is 70.6 Å². The van der Waals surface area contributed by atoms with Gasteiger partial charge in [-0.15, -0.1) is 0 Å². The van der Waals surface area contributed by atoms with E-state index in [1.165, 1.54) is 5.56 Å². The number of benzene rings is 1. The van der Waals surface area contributed by atoms with Gasteiger partial charge in [0.2, 0.25) is 0 Å². The Morgan fingerprint density at radius 3 is 2.86 bits per heavy atom. The molecule has 2 aliphatic rings. The van der Waals surface area contributed by atoms with Crippen LogP contribution in [0.5, 0.6) is 5.75 Å². The predicted molar refractivity (Wildman–Crippen MR) is 79.3 cm³/mol. The number of para-hydroxylation sites is 1. The van der Waals surface area contributed by atoms with Gasteiger partial charge in [-0.3, -0.25) is 0 Å². The average Bonchev–Trinajstić information content (AvgIpc) is 3.25. The van der Waals surface area contributed by atoms with Crippen molar-refractivity contribution in [3.05, 3.63) is 29.8 Å². The van der Waals surface area contributed by atoms with Crippen molar-refractivity contribution in [2.75, 3.05) is 13.2 Å². The quantitative estimate of drug-likeness (QED) is 0.768. The summed E-state index contributed by atoms with van der Waals surface area (Å²) in [5.41, 5.74) is 0.673. The number of nitrogens with one attached hydrogen (secondary N) is 2. The zero-order valence-electron chi connectivity index (χ0n) is 12.3. The molecule has 2 atom stereocenters. The minimum absolute atomic E-state index is 0.0190. The molecule has 1 aromatic rings. The van der Waals surface area contributed by atoms with Crippen LogP contribution >= 0.6 is 0 Å². The van der Waals surface area contributed by atoms with Crippen molar-refractivity contribution in [1.82, 2.24) is 10.6 Å². The van der Waals surface area contributed by atoms with E-state index in [0.717, 1.165) is 25.0 Å². The third kappa shape index (κ3) is 3.13. The molecule has 0 saturated heterocycles. The van der Waals surface area contributed by atoms with Crippen molar-refractivity contribution >= 4 is 6.03 Å². The average molecular weight is 290 g/mol. The van der Waals surface area contributed by atoms with Gasteiger partial charge >= 0.3 is 6.03 Å². The Labute approximate surface area is 124 Å². The minimum atomic E-state index is -0.510. The third-order valence-electron chi connectivity index (χ3n) is 4.41. The van der Waals surface area contributed by atoms with Crippen molar-refractivity contribution in [2.45, 2.75) is 37.8 Å². The number of urea groups is 1. The Hall–Kier alpha value is -1.75. The van der Waals surface area contributed by atoms with Gasteiger partial charge in [0.05, 0.1) is 18.7 Å². The number of carbonyl (C=O) groups is 1. The Balaban J connectivity index is 1.47. The summed E-state index contributed by atoms with van der Waals surface area (Å²) in [5, 5.41) is 15.2. The van der Waals surface area contributed by atoms with E-state index in [4.69, 9.17) is 4.74 Å². The van der Waals surface area contributed by atoms with Crippen molar-refractivity contribution in [3.8, 4) is 5.75 Å². The maximum absolute atomic E-state index is 12.0. The van der Waals surface area contributed by atoms with Crippen LogP contribution in [0.2, 0.25) is 0 Å². The van der Waals surface area contributed by atoms with E-state index in [9.17, 15) is 9.90 Å². The Morgan fingerprint density at radius 2 is 2.19 bits per heavy atom. The summed E-state index contributed by atoms with van der Waals surface area (Å²) < 4.78 is 5.78. The molecule has 3 N–H and O–H groups in total. The molecule has 1 aliphatic heterocycles. The van der Waals surface area contributed by atoms with Gasteiger partial charge in [-0.25, -0.2) is 4.79 Å². The second-order valence-corrected chi connectivity index (χ2v) is 6.24. The lowest BCUT2D eigenvalue weighted by molar-refractivity contribution is 0.153. The highest BCUT2D eigenvalue weighted by atomic mass is 16.5. The molecule has 1 aliphatic carbocycles. The molecule has 2 unspecified atom stereocenters. The largest absolute Gasteiger partial charge is 0.488 e. The van der Waals surface area contributed by atoms with Gasteiger partial charge < -0.3 is 20.5 Å². The standard InChI is InChI=1S/C16H22N2O3/c1-16(10-19,12-6-7-12)18-15(20)17-9-13-8-11-4-2-3-5-14(11)21-13/h2-5,12-13,19H,6-10H2,1H3,(H2,17,18,20). The zero-order chi connectivity index (χ0) is 14.9. The monoisotopic (exact) mass is 290 g/mol. The fraction of sp³-hybridized carbons (Fsp3) is 0.562. The number of aliphatic hydroxyl groups is 1. The molecule has 21 heavy (non-hydrogen) atoms. The first-order valence-corrected chi connectivity index (χ1v) is 7.52. The summed E-state index contributed by atoms with van der Waals surface area (Å²) in [6, 6.07) is 7.70. The van der Waals surface area contributed by atoms with Crippen LogP contribution in [0.15, 0.2) is 24.3 Å². The van der Waals surface area contributed by atoms with Crippen LogP contribution in [-0.4, -0.2) is 35.9 Å². The predicted octanol–water partition coefficient (Wildman–Crippen LogP) is 1.45. The first kappa shape index (κ1) is 14.2. The lowest BCUT2D eigenvalue weighted by Gasteiger charge is -2.29. The zero-order valence-corrected chi connectivity index (χ0v) is 12.3. The van der Waals surface area contributed by atoms with E-state index in [1.807, 2.05) is 31.2 Å². The Bertz CT molecular complexity index is 505. The molecule has 5 nitrogen and oxygen atoms in total. The van der Waals surface area contributed by atoms with Gasteiger partial charge in [0, 0.05) is 6.42 Å². The fourth-order valence-corrected chi connectivity index (χ4v) is 2.87. The van der Waals surface area contributed by atoms with Gasteiger partial charge in [0.15, 0.2) is 0 Å². The molecule has 2 amide bonds. The molecule has 0 spiro atoms. The highest BCUT2D eigenvalue weighted by Gasteiger charge is 2.42. The van der Waals surface area contributed by atoms with E-state index < -0.39 is 5.54 Å². The molecule has 3 rings (SSSR count). The highest BCUT2D eigenvalue weighted by Crippen LogP contribution is 2.39. The van der Waals surface area contributed by atoms with Crippen LogP contribution in [0.25, 0.3) is 0 Å². The van der Waals surface area contributed by atoms with E-state index in [0.29, 0.717) is 12.5 Å². The van der Waals surface area contributed by atoms with Crippen molar-refractivity contribution in [2.24, 2.45) is 5.92 Å². The van der Waals surface area contributed by atoms with Gasteiger partial charge in [-0.05, 0) is 37.3 Å². The lowest BCUT2D eigenvalue weighted by Crippen LogP contribution is -2.55. The number of hydrogen-bond donors (Lipinski definition) is 3. The van der Waals surface area contributed by atoms with Gasteiger partial charge in [-0.2, -0.15) is 0 Å². The molecule has 1 fully saturated rings. The molecule has 0 aromatic heterocycles. The van der Waals surface area contributed by atoms with Gasteiger partial charge in [-0.1, -0.05) is 18.2 Å². The highest BCUT2D eigenvalue weighted by molar-refractivity contribution is 5.75. The van der Waals surface area contributed by atoms with E-state index in [-0.39, 0.29) is 18.7 Å². The molecule has 1 heterocycles. The van der Waals surface area contributed by atoms with Crippen molar-refractivity contribution in [1.29, 1.82) is 0 Å². The first-order chi connectivity index (χ1) is 10.1. The SMILES string of the molecule is CC(CO)(NC(=O)NCC1Cc2ccccc2O1)C1CC1. The molecule has 0 radical (unpaired) electrons. The summed E-state index contributed by atoms with van der Waals surface area (Å²) in [7, 11) is 0. The summed E-state index contributed by atoms with van der Waals surface area (Å²) in [5.74, 6) is 1.29. The molecule has 0 bridgehead atoms. The normalized spacial score (nSPS) is 22.9. The van der Waals surface area contributed by atoms with Crippen LogP contribution in [-0.2, 0) is 6.42 Å². The van der Waals surface area contributed by atoms with E-state index in [1.54, 1.807) is 0 Å². The lowest BCUT2D eigenvalue weighted by atomic mass is 9.97. The Kier molecular flexibility index (Phi) is 3.76. The molecule has 5 heteroatoms. The van der Waals surface area contributed by atoms with Crippen LogP contribution in [0, 0.1) is 5.92 Å². The number of aliphatic hydroxyl groups excluding tert-OH is 1.